The Hall–Kier alpha value is -5.84. The summed E-state index contributed by atoms with van der Waals surface area (Å²) in [6.07, 6.45) is 3.34. The molecule has 0 saturated carbocycles. The van der Waals surface area contributed by atoms with Gasteiger partial charge in [-0.25, -0.2) is 5.43 Å². The molecule has 0 spiro atoms. The lowest BCUT2D eigenvalue weighted by Gasteiger charge is -2.37. The van der Waals surface area contributed by atoms with Crippen LogP contribution in [0.4, 0.5) is 0 Å². The summed E-state index contributed by atoms with van der Waals surface area (Å²) in [7, 11) is 4.71. The first-order chi connectivity index (χ1) is 32.3. The number of nitrogens with zero attached hydrogens (tertiary/aromatic N) is 6. The van der Waals surface area contributed by atoms with E-state index in [1.165, 1.54) is 21.9 Å². The Kier molecular flexibility index (Phi) is 15.3. The van der Waals surface area contributed by atoms with Crippen LogP contribution in [0.25, 0.3) is 33.3 Å². The summed E-state index contributed by atoms with van der Waals surface area (Å²) >= 11 is 0. The summed E-state index contributed by atoms with van der Waals surface area (Å²) in [5.41, 5.74) is 10.0. The number of hydrazine groups is 1. The monoisotopic (exact) mass is 935 g/mol. The van der Waals surface area contributed by atoms with Crippen LogP contribution < -0.4 is 10.7 Å². The van der Waals surface area contributed by atoms with Crippen molar-refractivity contribution >= 4 is 40.5 Å². The van der Waals surface area contributed by atoms with Gasteiger partial charge >= 0.3 is 5.97 Å². The Morgan fingerprint density at radius 2 is 1.82 bits per heavy atom. The number of ether oxygens (including phenoxy) is 2. The zero-order valence-corrected chi connectivity index (χ0v) is 41.4. The van der Waals surface area contributed by atoms with Crippen LogP contribution in [0.1, 0.15) is 84.0 Å². The van der Waals surface area contributed by atoms with Crippen molar-refractivity contribution in [3.05, 3.63) is 71.5 Å². The van der Waals surface area contributed by atoms with Crippen molar-refractivity contribution in [1.82, 2.24) is 40.0 Å². The Bertz CT molecular complexity index is 2540. The summed E-state index contributed by atoms with van der Waals surface area (Å²) in [5.74, 6) is -2.36. The predicted molar refractivity (Wildman–Crippen MR) is 260 cm³/mol. The molecule has 5 atom stereocenters. The molecule has 366 valence electrons. The minimum atomic E-state index is -1.18. The quantitative estimate of drug-likeness (QED) is 0.120. The number of carbonyl (C=O) groups excluding carboxylic acids is 5. The SMILES string of the molecule is CCn1c(-c2cccnc2C(C)C)c2c3cc(ccc31)-c1cc(O)cc(c1)C[C@H](NC(=O)[C@H](C(C)C)N(C)C(=O)CN(C)C(=O)[C@H]1CN1CCOC)C(=O)N1CCC[C@H](N1)C(=O)OCC(C)(C)C2. The molecule has 0 radical (unpaired) electrons. The van der Waals surface area contributed by atoms with E-state index < -0.39 is 47.2 Å². The topological polar surface area (TPSA) is 179 Å². The summed E-state index contributed by atoms with van der Waals surface area (Å²) < 4.78 is 13.6. The number of phenolic OH excluding ortho intramolecular Hbond substituents is 1. The van der Waals surface area contributed by atoms with Gasteiger partial charge in [0.05, 0.1) is 31.1 Å². The Morgan fingerprint density at radius 1 is 1.06 bits per heavy atom. The van der Waals surface area contributed by atoms with Crippen molar-refractivity contribution in [2.24, 2.45) is 11.3 Å². The highest BCUT2D eigenvalue weighted by Crippen LogP contribution is 2.42. The van der Waals surface area contributed by atoms with E-state index >= 15 is 0 Å². The number of carbonyl (C=O) groups is 5. The van der Waals surface area contributed by atoms with Crippen LogP contribution in [-0.2, 0) is 52.8 Å². The average Bonchev–Trinajstić information content (AvgIpc) is 4.02. The smallest absolute Gasteiger partial charge is 0.324 e. The minimum Gasteiger partial charge on any atom is -0.508 e. The lowest BCUT2D eigenvalue weighted by Crippen LogP contribution is -2.62. The van der Waals surface area contributed by atoms with E-state index in [4.69, 9.17) is 14.5 Å². The minimum absolute atomic E-state index is 0.00869. The number of nitrogens with one attached hydrogen (secondary N) is 2. The zero-order chi connectivity index (χ0) is 49.2. The van der Waals surface area contributed by atoms with Crippen molar-refractivity contribution < 1.29 is 38.6 Å². The number of aryl methyl sites for hydroxylation is 1. The number of benzene rings is 2. The molecule has 4 aromatic rings. The number of hydrogen-bond acceptors (Lipinski definition) is 11. The van der Waals surface area contributed by atoms with E-state index in [-0.39, 0.29) is 55.7 Å². The number of pyridine rings is 1. The number of fused-ring (bicyclic) bond motifs is 6. The second-order valence-corrected chi connectivity index (χ2v) is 20.2. The summed E-state index contributed by atoms with van der Waals surface area (Å²) in [5, 5.41) is 16.7. The average molecular weight is 935 g/mol. The fourth-order valence-electron chi connectivity index (χ4n) is 9.94. The lowest BCUT2D eigenvalue weighted by atomic mass is 9.83. The molecule has 2 aromatic carbocycles. The molecular formula is C52H70N8O8. The van der Waals surface area contributed by atoms with Gasteiger partial charge in [-0.3, -0.25) is 38.9 Å². The Morgan fingerprint density at radius 3 is 2.53 bits per heavy atom. The van der Waals surface area contributed by atoms with Gasteiger partial charge in [-0.1, -0.05) is 53.7 Å². The van der Waals surface area contributed by atoms with E-state index in [0.29, 0.717) is 51.1 Å². The van der Waals surface area contributed by atoms with Crippen LogP contribution >= 0.6 is 0 Å². The number of hydrogen-bond donors (Lipinski definition) is 3. The number of phenols is 1. The van der Waals surface area contributed by atoms with Gasteiger partial charge in [-0.05, 0) is 96.7 Å². The Balaban J connectivity index is 1.25. The predicted octanol–water partition coefficient (Wildman–Crippen LogP) is 5.14. The number of cyclic esters (lactones) is 1. The molecule has 1 unspecified atom stereocenters. The van der Waals surface area contributed by atoms with E-state index in [1.807, 2.05) is 43.1 Å². The van der Waals surface area contributed by atoms with E-state index in [9.17, 15) is 29.1 Å². The van der Waals surface area contributed by atoms with Crippen LogP contribution in [0.5, 0.6) is 5.75 Å². The van der Waals surface area contributed by atoms with Crippen LogP contribution in [0.15, 0.2) is 54.7 Å². The van der Waals surface area contributed by atoms with Gasteiger partial charge in [0.25, 0.3) is 5.91 Å². The first-order valence-corrected chi connectivity index (χ1v) is 24.0. The molecular weight excluding hydrogens is 865 g/mol. The lowest BCUT2D eigenvalue weighted by molar-refractivity contribution is -0.155. The van der Waals surface area contributed by atoms with Gasteiger partial charge in [0, 0.05) is 81.9 Å². The maximum Gasteiger partial charge on any atom is 0.324 e. The summed E-state index contributed by atoms with van der Waals surface area (Å²) in [6.45, 7) is 16.8. The van der Waals surface area contributed by atoms with Crippen LogP contribution in [0.3, 0.4) is 0 Å². The van der Waals surface area contributed by atoms with Crippen LogP contribution in [0.2, 0.25) is 0 Å². The number of rotatable bonds is 13. The highest BCUT2D eigenvalue weighted by Gasteiger charge is 2.43. The van der Waals surface area contributed by atoms with E-state index in [1.54, 1.807) is 26.3 Å². The number of amides is 4. The molecule has 3 aliphatic rings. The van der Waals surface area contributed by atoms with Gasteiger partial charge in [-0.2, -0.15) is 0 Å². The number of aromatic hydroxyl groups is 1. The molecule has 2 aromatic heterocycles. The largest absolute Gasteiger partial charge is 0.508 e. The molecule has 3 N–H and O–H groups in total. The summed E-state index contributed by atoms with van der Waals surface area (Å²) in [4.78, 5) is 79.7. The first kappa shape index (κ1) is 50.0. The van der Waals surface area contributed by atoms with Gasteiger partial charge in [0.15, 0.2) is 0 Å². The molecule has 2 fully saturated rings. The van der Waals surface area contributed by atoms with Crippen molar-refractivity contribution in [3.63, 3.8) is 0 Å². The maximum absolute atomic E-state index is 14.7. The molecule has 2 saturated heterocycles. The number of aromatic nitrogens is 2. The third kappa shape index (κ3) is 10.9. The van der Waals surface area contributed by atoms with Gasteiger partial charge in [0.2, 0.25) is 17.7 Å². The van der Waals surface area contributed by atoms with Crippen LogP contribution in [0, 0.1) is 11.3 Å². The normalized spacial score (nSPS) is 21.0. The van der Waals surface area contributed by atoms with E-state index in [2.05, 4.69) is 68.1 Å². The molecule has 4 amide bonds. The van der Waals surface area contributed by atoms with Gasteiger partial charge in [-0.15, -0.1) is 0 Å². The van der Waals surface area contributed by atoms with Gasteiger partial charge < -0.3 is 34.3 Å². The maximum atomic E-state index is 14.7. The number of methoxy groups -OCH3 is 1. The molecule has 0 aliphatic carbocycles. The zero-order valence-electron chi connectivity index (χ0n) is 41.4. The van der Waals surface area contributed by atoms with Crippen molar-refractivity contribution in [2.45, 2.75) is 111 Å². The fourth-order valence-corrected chi connectivity index (χ4v) is 9.94. The molecule has 6 bridgehead atoms. The number of esters is 1. The fraction of sp³-hybridized carbons (Fsp3) is 0.538. The van der Waals surface area contributed by atoms with Gasteiger partial charge in [0.1, 0.15) is 29.9 Å². The standard InChI is InChI=1S/C52H70N8O8/c1-11-59-42-17-16-34-26-38(42)39(47(59)37-14-12-18-53-45(37)31(2)3)27-52(6,7)30-68-51(66)40-15-13-19-60(55-40)49(64)41(24-33-22-35(34)25-36(61)23-33)54-48(63)46(32(4)5)57(9)44(62)29-56(8)50(65)43-28-58(43)20-21-67-10/h12,14,16-18,22-23,25-26,31-32,40-41,43,46,55,61H,11,13,15,19-21,24,27-30H2,1-10H3,(H,54,63)/t40-,41-,43+,46-,58?/m0/s1. The van der Waals surface area contributed by atoms with Crippen molar-refractivity contribution in [1.29, 1.82) is 0 Å². The highest BCUT2D eigenvalue weighted by atomic mass is 16.5. The van der Waals surface area contributed by atoms with E-state index in [0.717, 1.165) is 44.5 Å². The molecule has 3 aliphatic heterocycles. The molecule has 5 heterocycles. The molecule has 16 heteroatoms. The second-order valence-electron chi connectivity index (χ2n) is 20.2. The Labute approximate surface area is 400 Å². The molecule has 16 nitrogen and oxygen atoms in total. The second kappa shape index (κ2) is 20.8. The van der Waals surface area contributed by atoms with Crippen molar-refractivity contribution in [3.8, 4) is 28.1 Å². The number of likely N-dealkylation sites (N-methyl/N-ethyl adjacent to an activating group) is 2. The molecule has 68 heavy (non-hydrogen) atoms. The van der Waals surface area contributed by atoms with Crippen LogP contribution in [-0.4, -0.2) is 149 Å². The highest BCUT2D eigenvalue weighted by molar-refractivity contribution is 5.96. The summed E-state index contributed by atoms with van der Waals surface area (Å²) in [6, 6.07) is 12.3. The third-order valence-corrected chi connectivity index (χ3v) is 13.5. The third-order valence-electron chi connectivity index (χ3n) is 13.5. The molecule has 7 rings (SSSR count). The first-order valence-electron chi connectivity index (χ1n) is 24.0. The van der Waals surface area contributed by atoms with Crippen molar-refractivity contribution in [2.75, 3.05) is 60.6 Å².